The third-order valence-electron chi connectivity index (χ3n) is 5.44. The highest BCUT2D eigenvalue weighted by Gasteiger charge is 2.42. The first-order chi connectivity index (χ1) is 9.25. The summed E-state index contributed by atoms with van der Waals surface area (Å²) in [7, 11) is 0. The molecule has 4 nitrogen and oxygen atoms in total. The van der Waals surface area contributed by atoms with Crippen molar-refractivity contribution in [3.05, 3.63) is 0 Å². The Hall–Kier alpha value is -0.610. The molecule has 1 amide bonds. The number of aliphatic hydroxyl groups excluding tert-OH is 1. The molecule has 4 heteroatoms. The van der Waals surface area contributed by atoms with Gasteiger partial charge in [-0.3, -0.25) is 4.79 Å². The van der Waals surface area contributed by atoms with Gasteiger partial charge in [-0.1, -0.05) is 19.3 Å². The number of fused-ring (bicyclic) bond motifs is 1. The van der Waals surface area contributed by atoms with Crippen molar-refractivity contribution >= 4 is 5.91 Å². The van der Waals surface area contributed by atoms with Crippen molar-refractivity contribution in [2.45, 2.75) is 57.1 Å². The number of hydrogen-bond donors (Lipinski definition) is 3. The van der Waals surface area contributed by atoms with Crippen LogP contribution in [0, 0.1) is 17.8 Å². The molecule has 3 aliphatic rings. The van der Waals surface area contributed by atoms with Crippen LogP contribution in [-0.2, 0) is 4.79 Å². The minimum Gasteiger partial charge on any atom is -0.393 e. The molecule has 1 aliphatic heterocycles. The van der Waals surface area contributed by atoms with Crippen LogP contribution in [-0.4, -0.2) is 36.2 Å². The minimum atomic E-state index is -0.218. The van der Waals surface area contributed by atoms with Gasteiger partial charge in [-0.15, -0.1) is 0 Å². The first kappa shape index (κ1) is 13.4. The second-order valence-corrected chi connectivity index (χ2v) is 6.60. The molecule has 0 aromatic rings. The van der Waals surface area contributed by atoms with Crippen LogP contribution < -0.4 is 10.6 Å². The Morgan fingerprint density at radius 3 is 2.84 bits per heavy atom. The molecule has 2 aliphatic carbocycles. The predicted molar refractivity (Wildman–Crippen MR) is 73.6 cm³/mol. The normalized spacial score (nSPS) is 42.1. The smallest absolute Gasteiger partial charge is 0.237 e. The van der Waals surface area contributed by atoms with Crippen molar-refractivity contribution in [1.82, 2.24) is 10.6 Å². The van der Waals surface area contributed by atoms with E-state index in [4.69, 9.17) is 0 Å². The first-order valence-electron chi connectivity index (χ1n) is 7.95. The van der Waals surface area contributed by atoms with E-state index in [0.29, 0.717) is 12.5 Å². The summed E-state index contributed by atoms with van der Waals surface area (Å²) in [6, 6.07) is 0.0215. The molecule has 1 saturated heterocycles. The maximum Gasteiger partial charge on any atom is 0.237 e. The molecule has 0 radical (unpaired) electrons. The van der Waals surface area contributed by atoms with E-state index in [0.717, 1.165) is 31.7 Å². The highest BCUT2D eigenvalue weighted by Crippen LogP contribution is 2.37. The van der Waals surface area contributed by atoms with Gasteiger partial charge in [0, 0.05) is 12.5 Å². The number of rotatable bonds is 3. The lowest BCUT2D eigenvalue weighted by molar-refractivity contribution is -0.124. The van der Waals surface area contributed by atoms with Crippen molar-refractivity contribution < 1.29 is 9.90 Å². The number of carbonyl (C=O) groups excluding carboxylic acids is 1. The molecule has 0 bridgehead atoms. The quantitative estimate of drug-likeness (QED) is 0.715. The maximum atomic E-state index is 12.3. The van der Waals surface area contributed by atoms with Gasteiger partial charge < -0.3 is 15.7 Å². The molecule has 19 heavy (non-hydrogen) atoms. The van der Waals surface area contributed by atoms with Crippen LogP contribution in [0.15, 0.2) is 0 Å². The highest BCUT2D eigenvalue weighted by atomic mass is 16.3. The zero-order valence-corrected chi connectivity index (χ0v) is 11.6. The molecule has 3 N–H and O–H groups in total. The van der Waals surface area contributed by atoms with E-state index < -0.39 is 0 Å². The van der Waals surface area contributed by atoms with Crippen LogP contribution in [0.4, 0.5) is 0 Å². The Morgan fingerprint density at radius 2 is 2.00 bits per heavy atom. The van der Waals surface area contributed by atoms with Gasteiger partial charge in [-0.05, 0) is 44.1 Å². The molecule has 1 heterocycles. The Kier molecular flexibility index (Phi) is 4.08. The van der Waals surface area contributed by atoms with E-state index in [-0.39, 0.29) is 24.0 Å². The summed E-state index contributed by atoms with van der Waals surface area (Å²) in [5.74, 6) is 1.69. The summed E-state index contributed by atoms with van der Waals surface area (Å²) >= 11 is 0. The van der Waals surface area contributed by atoms with Crippen molar-refractivity contribution in [2.75, 3.05) is 13.1 Å². The predicted octanol–water partition coefficient (Wildman–Crippen LogP) is 1.04. The van der Waals surface area contributed by atoms with E-state index in [1.165, 1.54) is 25.7 Å². The van der Waals surface area contributed by atoms with Gasteiger partial charge in [0.1, 0.15) is 0 Å². The topological polar surface area (TPSA) is 61.4 Å². The summed E-state index contributed by atoms with van der Waals surface area (Å²) in [6.07, 6.45) is 7.79. The summed E-state index contributed by atoms with van der Waals surface area (Å²) in [6.45, 7) is 1.66. The van der Waals surface area contributed by atoms with E-state index in [1.54, 1.807) is 0 Å². The molecule has 0 aromatic heterocycles. The molecular formula is C15H26N2O2. The zero-order valence-electron chi connectivity index (χ0n) is 11.6. The number of aliphatic hydroxyl groups is 1. The largest absolute Gasteiger partial charge is 0.393 e. The molecule has 5 unspecified atom stereocenters. The summed E-state index contributed by atoms with van der Waals surface area (Å²) < 4.78 is 0. The van der Waals surface area contributed by atoms with Crippen molar-refractivity contribution in [3.8, 4) is 0 Å². The van der Waals surface area contributed by atoms with E-state index in [2.05, 4.69) is 10.6 Å². The van der Waals surface area contributed by atoms with Crippen LogP contribution in [0.5, 0.6) is 0 Å². The molecule has 2 saturated carbocycles. The van der Waals surface area contributed by atoms with Crippen LogP contribution in [0.25, 0.3) is 0 Å². The number of amides is 1. The van der Waals surface area contributed by atoms with E-state index in [9.17, 15) is 9.90 Å². The van der Waals surface area contributed by atoms with Gasteiger partial charge in [0.05, 0.1) is 12.1 Å². The lowest BCUT2D eigenvalue weighted by Crippen LogP contribution is -2.46. The third-order valence-corrected chi connectivity index (χ3v) is 5.44. The van der Waals surface area contributed by atoms with Crippen molar-refractivity contribution in [3.63, 3.8) is 0 Å². The number of carbonyl (C=O) groups is 1. The zero-order chi connectivity index (χ0) is 13.2. The lowest BCUT2D eigenvalue weighted by atomic mass is 9.86. The molecule has 0 aromatic carbocycles. The Balaban J connectivity index is 1.48. The molecule has 3 rings (SSSR count). The molecule has 0 spiro atoms. The molecule has 5 atom stereocenters. The fourth-order valence-electron chi connectivity index (χ4n) is 4.24. The average Bonchev–Trinajstić information content (AvgIpc) is 2.99. The van der Waals surface area contributed by atoms with Crippen LogP contribution in [0.1, 0.15) is 44.9 Å². The number of hydrogen-bond acceptors (Lipinski definition) is 3. The van der Waals surface area contributed by atoms with Gasteiger partial charge in [-0.2, -0.15) is 0 Å². The van der Waals surface area contributed by atoms with Gasteiger partial charge in [0.2, 0.25) is 5.91 Å². The second kappa shape index (κ2) is 5.80. The molecule has 108 valence electrons. The summed E-state index contributed by atoms with van der Waals surface area (Å²) in [5.41, 5.74) is 0. The SMILES string of the molecule is O=C(NCC1CCCCC1O)C1NCC2CCCC21. The lowest BCUT2D eigenvalue weighted by Gasteiger charge is -2.28. The van der Waals surface area contributed by atoms with Crippen molar-refractivity contribution in [2.24, 2.45) is 17.8 Å². The van der Waals surface area contributed by atoms with Crippen LogP contribution in [0.2, 0.25) is 0 Å². The van der Waals surface area contributed by atoms with E-state index in [1.807, 2.05) is 0 Å². The standard InChI is InChI=1S/C15H26N2O2/c18-13-7-2-1-4-11(13)9-17-15(19)14-12-6-3-5-10(12)8-16-14/h10-14,16,18H,1-9H2,(H,17,19). The van der Waals surface area contributed by atoms with Crippen molar-refractivity contribution in [1.29, 1.82) is 0 Å². The van der Waals surface area contributed by atoms with Gasteiger partial charge in [-0.25, -0.2) is 0 Å². The Bertz CT molecular complexity index is 334. The van der Waals surface area contributed by atoms with Crippen LogP contribution >= 0.6 is 0 Å². The van der Waals surface area contributed by atoms with Gasteiger partial charge in [0.15, 0.2) is 0 Å². The highest BCUT2D eigenvalue weighted by molar-refractivity contribution is 5.82. The maximum absolute atomic E-state index is 12.3. The van der Waals surface area contributed by atoms with Gasteiger partial charge >= 0.3 is 0 Å². The average molecular weight is 266 g/mol. The van der Waals surface area contributed by atoms with E-state index >= 15 is 0 Å². The van der Waals surface area contributed by atoms with Gasteiger partial charge in [0.25, 0.3) is 0 Å². The second-order valence-electron chi connectivity index (χ2n) is 6.60. The summed E-state index contributed by atoms with van der Waals surface area (Å²) in [4.78, 5) is 12.3. The Morgan fingerprint density at radius 1 is 1.16 bits per heavy atom. The monoisotopic (exact) mass is 266 g/mol. The molecule has 3 fully saturated rings. The summed E-state index contributed by atoms with van der Waals surface area (Å²) in [5, 5.41) is 16.4. The molecular weight excluding hydrogens is 240 g/mol. The first-order valence-corrected chi connectivity index (χ1v) is 7.95. The number of nitrogens with one attached hydrogen (secondary N) is 2. The van der Waals surface area contributed by atoms with Crippen LogP contribution in [0.3, 0.4) is 0 Å². The fourth-order valence-corrected chi connectivity index (χ4v) is 4.24. The Labute approximate surface area is 115 Å². The third kappa shape index (κ3) is 2.79. The fraction of sp³-hybridized carbons (Fsp3) is 0.933. The minimum absolute atomic E-state index is 0.0215.